The number of allylic oxidation sites excluding steroid dienone is 1. The number of aliphatic imine (C=N–C) groups is 1. The highest BCUT2D eigenvalue weighted by molar-refractivity contribution is 6.24. The first-order chi connectivity index (χ1) is 29.2. The first-order valence-electron chi connectivity index (χ1n) is 19.9. The average Bonchev–Trinajstić information content (AvgIpc) is 3.85. The molecule has 1 atom stereocenters. The van der Waals surface area contributed by atoms with Gasteiger partial charge in [0, 0.05) is 40.0 Å². The minimum atomic E-state index is -0.509. The van der Waals surface area contributed by atoms with Crippen molar-refractivity contribution in [1.82, 2.24) is 9.47 Å². The lowest BCUT2D eigenvalue weighted by molar-refractivity contribution is 0.363. The summed E-state index contributed by atoms with van der Waals surface area (Å²) >= 11 is 0. The second-order valence-electron chi connectivity index (χ2n) is 15.0. The van der Waals surface area contributed by atoms with E-state index in [2.05, 4.69) is 156 Å². The molecule has 0 saturated heterocycles. The van der Waals surface area contributed by atoms with E-state index in [1.165, 1.54) is 0 Å². The van der Waals surface area contributed by atoms with E-state index >= 15 is 0 Å². The van der Waals surface area contributed by atoms with E-state index in [4.69, 9.17) is 9.41 Å². The maximum Gasteiger partial charge on any atom is 0.148 e. The summed E-state index contributed by atoms with van der Waals surface area (Å²) in [6.45, 7) is 0. The lowest BCUT2D eigenvalue weighted by atomic mass is 9.87. The summed E-state index contributed by atoms with van der Waals surface area (Å²) in [5.41, 5.74) is 14.2. The highest BCUT2D eigenvalue weighted by Crippen LogP contribution is 2.47. The first kappa shape index (κ1) is 34.3. The molecule has 11 rings (SSSR count). The molecule has 1 aliphatic heterocycles. The number of nitriles is 1. The normalized spacial score (nSPS) is 14.3. The zero-order valence-corrected chi connectivity index (χ0v) is 32.2. The molecule has 0 saturated carbocycles. The topological polar surface area (TPSA) is 57.5 Å². The minimum Gasteiger partial charge on any atom is -0.455 e. The summed E-state index contributed by atoms with van der Waals surface area (Å²) < 4.78 is 9.06. The van der Waals surface area contributed by atoms with Crippen molar-refractivity contribution in [2.75, 3.05) is 7.05 Å². The van der Waals surface area contributed by atoms with Crippen LogP contribution in [-0.4, -0.2) is 22.2 Å². The molecule has 1 unspecified atom stereocenters. The molecular formula is C54H36N4O. The van der Waals surface area contributed by atoms with Crippen molar-refractivity contribution in [2.45, 2.75) is 6.17 Å². The van der Waals surface area contributed by atoms with Crippen molar-refractivity contribution in [2.24, 2.45) is 4.99 Å². The van der Waals surface area contributed by atoms with E-state index in [1.807, 2.05) is 60.7 Å². The maximum atomic E-state index is 10.9. The van der Waals surface area contributed by atoms with Crippen LogP contribution in [0.15, 0.2) is 209 Å². The lowest BCUT2D eigenvalue weighted by Gasteiger charge is -2.37. The van der Waals surface area contributed by atoms with Crippen molar-refractivity contribution in [3.8, 4) is 34.0 Å². The fraction of sp³-hybridized carbons (Fsp3) is 0.0370. The summed E-state index contributed by atoms with van der Waals surface area (Å²) in [4.78, 5) is 7.79. The van der Waals surface area contributed by atoms with E-state index in [-0.39, 0.29) is 0 Å². The van der Waals surface area contributed by atoms with Gasteiger partial charge in [0.2, 0.25) is 0 Å². The van der Waals surface area contributed by atoms with E-state index < -0.39 is 6.17 Å². The number of rotatable bonds is 6. The fourth-order valence-electron chi connectivity index (χ4n) is 9.09. The second kappa shape index (κ2) is 13.9. The number of hydrogen-bond donors (Lipinski definition) is 0. The zero-order valence-electron chi connectivity index (χ0n) is 32.2. The van der Waals surface area contributed by atoms with E-state index in [0.29, 0.717) is 11.3 Å². The number of fused-ring (bicyclic) bond motifs is 7. The lowest BCUT2D eigenvalue weighted by Crippen LogP contribution is -2.30. The van der Waals surface area contributed by atoms with Crippen molar-refractivity contribution in [1.29, 1.82) is 5.26 Å². The largest absolute Gasteiger partial charge is 0.455 e. The SMILES string of the molecule is CN1C(c2ccccc2)=C(C#N)C(c2ccccc2)=NC1c1cc(-n2c3ccccc3c3c4oc5ccccc5c4ccc32)cc(-c2ccccc2)c1-c1ccccc1. The number of benzene rings is 8. The van der Waals surface area contributed by atoms with Crippen LogP contribution in [0.5, 0.6) is 0 Å². The van der Waals surface area contributed by atoms with Gasteiger partial charge in [-0.1, -0.05) is 158 Å². The van der Waals surface area contributed by atoms with Gasteiger partial charge in [-0.3, -0.25) is 4.99 Å². The molecule has 5 heteroatoms. The van der Waals surface area contributed by atoms with Gasteiger partial charge >= 0.3 is 0 Å². The van der Waals surface area contributed by atoms with Gasteiger partial charge in [0.25, 0.3) is 0 Å². The molecule has 8 aromatic carbocycles. The predicted octanol–water partition coefficient (Wildman–Crippen LogP) is 13.4. The van der Waals surface area contributed by atoms with Gasteiger partial charge in [0.1, 0.15) is 29.0 Å². The zero-order chi connectivity index (χ0) is 39.5. The molecule has 0 fully saturated rings. The van der Waals surface area contributed by atoms with Crippen LogP contribution in [-0.2, 0) is 0 Å². The van der Waals surface area contributed by atoms with Gasteiger partial charge in [-0.25, -0.2) is 0 Å². The minimum absolute atomic E-state index is 0.509. The van der Waals surface area contributed by atoms with Crippen LogP contribution in [0.2, 0.25) is 0 Å². The molecule has 278 valence electrons. The van der Waals surface area contributed by atoms with Gasteiger partial charge in [0.15, 0.2) is 0 Å². The number of nitrogens with zero attached hydrogens (tertiary/aromatic N) is 4. The van der Waals surface area contributed by atoms with Crippen LogP contribution >= 0.6 is 0 Å². The van der Waals surface area contributed by atoms with E-state index in [1.54, 1.807) is 0 Å². The molecule has 59 heavy (non-hydrogen) atoms. The summed E-state index contributed by atoms with van der Waals surface area (Å²) in [6, 6.07) is 70.1. The van der Waals surface area contributed by atoms with Gasteiger partial charge in [-0.15, -0.1) is 0 Å². The molecule has 1 aliphatic rings. The third-order valence-corrected chi connectivity index (χ3v) is 11.7. The summed E-state index contributed by atoms with van der Waals surface area (Å²) in [5.74, 6) is 0. The average molecular weight is 757 g/mol. The van der Waals surface area contributed by atoms with Gasteiger partial charge in [-0.05, 0) is 64.2 Å². The summed E-state index contributed by atoms with van der Waals surface area (Å²) in [6.07, 6.45) is -0.509. The van der Waals surface area contributed by atoms with Crippen LogP contribution in [0.4, 0.5) is 0 Å². The Labute approximate surface area is 341 Å². The molecule has 5 nitrogen and oxygen atoms in total. The molecular weight excluding hydrogens is 721 g/mol. The maximum absolute atomic E-state index is 10.9. The molecule has 0 bridgehead atoms. The molecule has 0 aliphatic carbocycles. The Morgan fingerprint density at radius 2 is 1.15 bits per heavy atom. The van der Waals surface area contributed by atoms with Gasteiger partial charge in [0.05, 0.1) is 27.8 Å². The van der Waals surface area contributed by atoms with Gasteiger partial charge in [-0.2, -0.15) is 5.26 Å². The monoisotopic (exact) mass is 756 g/mol. The third-order valence-electron chi connectivity index (χ3n) is 11.7. The number of aromatic nitrogens is 1. The Balaban J connectivity index is 1.26. The number of hydrogen-bond acceptors (Lipinski definition) is 4. The smallest absolute Gasteiger partial charge is 0.148 e. The summed E-state index contributed by atoms with van der Waals surface area (Å²) in [5, 5.41) is 15.3. The Hall–Kier alpha value is -7.94. The van der Waals surface area contributed by atoms with Crippen LogP contribution in [0.3, 0.4) is 0 Å². The van der Waals surface area contributed by atoms with Crippen molar-refractivity contribution < 1.29 is 4.42 Å². The number of para-hydroxylation sites is 2. The third kappa shape index (κ3) is 5.49. The summed E-state index contributed by atoms with van der Waals surface area (Å²) in [7, 11) is 2.07. The standard InChI is InChI=1S/C54H36N4O/c1-57-52(38-24-12-5-13-25-38)45(34-55)51(37-22-10-4-11-23-37)56-54(57)44-33-39(32-43(35-18-6-2-7-19-35)49(44)36-20-8-3-9-21-36)58-46-28-16-14-27-42(46)50-47(58)31-30-41-40-26-15-17-29-48(40)59-53(41)50/h2-33,54H,1H3. The Morgan fingerprint density at radius 1 is 0.559 bits per heavy atom. The fourth-order valence-corrected chi connectivity index (χ4v) is 9.09. The Bertz CT molecular complexity index is 3340. The number of furan rings is 1. The molecule has 0 N–H and O–H groups in total. The molecule has 0 amide bonds. The highest BCUT2D eigenvalue weighted by Gasteiger charge is 2.34. The Morgan fingerprint density at radius 3 is 1.85 bits per heavy atom. The van der Waals surface area contributed by atoms with Crippen LogP contribution in [0.1, 0.15) is 22.9 Å². The molecule has 0 radical (unpaired) electrons. The predicted molar refractivity (Wildman–Crippen MR) is 241 cm³/mol. The van der Waals surface area contributed by atoms with Crippen molar-refractivity contribution >= 4 is 55.2 Å². The molecule has 3 heterocycles. The molecule has 2 aromatic heterocycles. The molecule has 0 spiro atoms. The Kier molecular flexibility index (Phi) is 8.09. The van der Waals surface area contributed by atoms with Crippen molar-refractivity contribution in [3.05, 3.63) is 216 Å². The highest BCUT2D eigenvalue weighted by atomic mass is 16.3. The van der Waals surface area contributed by atoms with E-state index in [9.17, 15) is 5.26 Å². The second-order valence-corrected chi connectivity index (χ2v) is 15.0. The van der Waals surface area contributed by atoms with Crippen molar-refractivity contribution in [3.63, 3.8) is 0 Å². The van der Waals surface area contributed by atoms with E-state index in [0.717, 1.165) is 94.1 Å². The van der Waals surface area contributed by atoms with Crippen LogP contribution in [0.25, 0.3) is 77.4 Å². The first-order valence-corrected chi connectivity index (χ1v) is 19.9. The van der Waals surface area contributed by atoms with Gasteiger partial charge < -0.3 is 13.9 Å². The van der Waals surface area contributed by atoms with Crippen LogP contribution < -0.4 is 0 Å². The quantitative estimate of drug-likeness (QED) is 0.170. The van der Waals surface area contributed by atoms with Crippen LogP contribution in [0, 0.1) is 11.3 Å². The molecule has 10 aromatic rings.